The van der Waals surface area contributed by atoms with Crippen LogP contribution in [0.5, 0.6) is 0 Å². The number of carbonyl (C=O) groups excluding carboxylic acids is 2. The predicted molar refractivity (Wildman–Crippen MR) is 342 cm³/mol. The monoisotopic (exact) mass is 1150 g/mol. The number of hydrogen-bond acceptors (Lipinski definition) is 8. The number of carbonyl (C=O) groups is 2. The van der Waals surface area contributed by atoms with Crippen LogP contribution in [0.3, 0.4) is 0 Å². The molecule has 0 N–H and O–H groups in total. The van der Waals surface area contributed by atoms with Gasteiger partial charge in [-0.05, 0) is 12.8 Å². The van der Waals surface area contributed by atoms with Crippen molar-refractivity contribution in [1.82, 2.24) is 0 Å². The van der Waals surface area contributed by atoms with Crippen LogP contribution in [0.1, 0.15) is 386 Å². The Morgan fingerprint density at radius 3 is 0.800 bits per heavy atom. The van der Waals surface area contributed by atoms with Crippen molar-refractivity contribution < 1.29 is 42.1 Å². The first kappa shape index (κ1) is 79.0. The van der Waals surface area contributed by atoms with Gasteiger partial charge in [-0.1, -0.05) is 361 Å². The second-order valence-electron chi connectivity index (χ2n) is 26.0. The highest BCUT2D eigenvalue weighted by Gasteiger charge is 2.22. The molecule has 0 aliphatic rings. The van der Waals surface area contributed by atoms with Gasteiger partial charge in [0.15, 0.2) is 6.10 Å². The van der Waals surface area contributed by atoms with Gasteiger partial charge >= 0.3 is 11.9 Å². The van der Waals surface area contributed by atoms with Gasteiger partial charge in [0.05, 0.1) is 27.7 Å². The summed E-state index contributed by atoms with van der Waals surface area (Å²) < 4.78 is 34.3. The van der Waals surface area contributed by atoms with Crippen molar-refractivity contribution in [2.24, 2.45) is 0 Å². The molecule has 0 aliphatic carbocycles. The molecule has 2 unspecified atom stereocenters. The van der Waals surface area contributed by atoms with Gasteiger partial charge in [0.2, 0.25) is 0 Å². The van der Waals surface area contributed by atoms with Crippen molar-refractivity contribution in [2.45, 2.75) is 392 Å². The molecule has 0 bridgehead atoms. The molecule has 80 heavy (non-hydrogen) atoms. The average Bonchev–Trinajstić information content (AvgIpc) is 3.42. The summed E-state index contributed by atoms with van der Waals surface area (Å²) in [5, 5.41) is 0. The molecular formula is C70H140NO8P. The minimum Gasteiger partial charge on any atom is -0.756 e. The standard InChI is InChI=1S/C70H140NO8P/c1-6-8-10-12-14-16-18-20-22-24-26-28-30-31-32-33-34-35-36-37-38-39-41-43-45-47-49-51-53-55-57-59-61-63-70(73)79-68(67-78-80(74,75)77-65-64-71(3,4)5)66-76-69(72)62-60-58-56-54-52-50-48-46-44-42-40-29-27-25-23-21-19-17-15-13-11-9-7-2/h68H,6-67H2,1-5H3. The van der Waals surface area contributed by atoms with E-state index in [4.69, 9.17) is 18.5 Å². The predicted octanol–water partition coefficient (Wildman–Crippen LogP) is 22.3. The number of rotatable bonds is 68. The fourth-order valence-corrected chi connectivity index (χ4v) is 11.9. The first-order valence-corrected chi connectivity index (χ1v) is 37.2. The van der Waals surface area contributed by atoms with Crippen LogP contribution < -0.4 is 4.89 Å². The number of quaternary nitrogens is 1. The van der Waals surface area contributed by atoms with Crippen molar-refractivity contribution in [3.8, 4) is 0 Å². The first-order chi connectivity index (χ1) is 39.0. The number of phosphoric ester groups is 1. The van der Waals surface area contributed by atoms with E-state index in [0.29, 0.717) is 17.4 Å². The van der Waals surface area contributed by atoms with E-state index in [1.165, 1.54) is 321 Å². The number of hydrogen-bond donors (Lipinski definition) is 0. The van der Waals surface area contributed by atoms with Crippen LogP contribution in [0, 0.1) is 0 Å². The highest BCUT2D eigenvalue weighted by Crippen LogP contribution is 2.38. The summed E-state index contributed by atoms with van der Waals surface area (Å²) in [7, 11) is 1.20. The summed E-state index contributed by atoms with van der Waals surface area (Å²) in [6.07, 6.45) is 74.9. The maximum absolute atomic E-state index is 12.9. The van der Waals surface area contributed by atoms with E-state index in [1.807, 2.05) is 21.1 Å². The molecule has 478 valence electrons. The molecule has 0 rings (SSSR count). The van der Waals surface area contributed by atoms with Crippen LogP contribution in [0.2, 0.25) is 0 Å². The van der Waals surface area contributed by atoms with Crippen LogP contribution in [0.4, 0.5) is 0 Å². The smallest absolute Gasteiger partial charge is 0.306 e. The Morgan fingerprint density at radius 1 is 0.338 bits per heavy atom. The Morgan fingerprint density at radius 2 is 0.562 bits per heavy atom. The first-order valence-electron chi connectivity index (χ1n) is 35.7. The molecule has 0 radical (unpaired) electrons. The van der Waals surface area contributed by atoms with Gasteiger partial charge in [0.1, 0.15) is 19.8 Å². The van der Waals surface area contributed by atoms with Crippen LogP contribution in [-0.2, 0) is 32.7 Å². The number of ether oxygens (including phenoxy) is 2. The zero-order valence-corrected chi connectivity index (χ0v) is 55.5. The van der Waals surface area contributed by atoms with Gasteiger partial charge in [-0.2, -0.15) is 0 Å². The Labute approximate surface area is 499 Å². The number of phosphoric acid groups is 1. The van der Waals surface area contributed by atoms with Gasteiger partial charge in [0, 0.05) is 12.8 Å². The van der Waals surface area contributed by atoms with Gasteiger partial charge in [-0.25, -0.2) is 0 Å². The molecule has 0 saturated heterocycles. The van der Waals surface area contributed by atoms with Crippen molar-refractivity contribution in [3.05, 3.63) is 0 Å². The third kappa shape index (κ3) is 66.2. The van der Waals surface area contributed by atoms with Crippen LogP contribution in [0.15, 0.2) is 0 Å². The summed E-state index contributed by atoms with van der Waals surface area (Å²) >= 11 is 0. The van der Waals surface area contributed by atoms with Crippen LogP contribution >= 0.6 is 7.82 Å². The summed E-state index contributed by atoms with van der Waals surface area (Å²) in [6, 6.07) is 0. The minimum atomic E-state index is -4.63. The largest absolute Gasteiger partial charge is 0.756 e. The maximum atomic E-state index is 12.9. The Kier molecular flexibility index (Phi) is 61.8. The maximum Gasteiger partial charge on any atom is 0.306 e. The molecule has 10 heteroatoms. The SMILES string of the molecule is CCCCCCCCCCCCCCCCCCCCCCCCCCCCCCCCCCCC(=O)OC(COC(=O)CCCCCCCCCCCCCCCCCCCCCCCCC)COP(=O)([O-])OCC[N+](C)(C)C. The van der Waals surface area contributed by atoms with Crippen LogP contribution in [0.25, 0.3) is 0 Å². The summed E-state index contributed by atoms with van der Waals surface area (Å²) in [5.74, 6) is -0.803. The molecule has 0 saturated carbocycles. The normalized spacial score (nSPS) is 13.0. The third-order valence-corrected chi connectivity index (χ3v) is 17.6. The quantitative estimate of drug-likeness (QED) is 0.0256. The molecule has 0 aromatic rings. The van der Waals surface area contributed by atoms with Gasteiger partial charge < -0.3 is 27.9 Å². The molecule has 0 aromatic heterocycles. The zero-order chi connectivity index (χ0) is 58.4. The average molecular weight is 1150 g/mol. The second kappa shape index (κ2) is 62.5. The molecule has 0 amide bonds. The molecule has 0 spiro atoms. The minimum absolute atomic E-state index is 0.0248. The lowest BCUT2D eigenvalue weighted by molar-refractivity contribution is -0.870. The van der Waals surface area contributed by atoms with E-state index in [0.717, 1.165) is 32.1 Å². The Bertz CT molecular complexity index is 1310. The molecule has 0 aliphatic heterocycles. The fourth-order valence-electron chi connectivity index (χ4n) is 11.1. The summed E-state index contributed by atoms with van der Waals surface area (Å²) in [6.45, 7) is 4.34. The summed E-state index contributed by atoms with van der Waals surface area (Å²) in [5.41, 5.74) is 0. The highest BCUT2D eigenvalue weighted by molar-refractivity contribution is 7.45. The van der Waals surface area contributed by atoms with Crippen molar-refractivity contribution >= 4 is 19.8 Å². The number of nitrogens with zero attached hydrogens (tertiary/aromatic N) is 1. The lowest BCUT2D eigenvalue weighted by Crippen LogP contribution is -2.37. The molecule has 0 heterocycles. The molecule has 0 aromatic carbocycles. The number of esters is 2. The lowest BCUT2D eigenvalue weighted by atomic mass is 10.0. The third-order valence-electron chi connectivity index (χ3n) is 16.6. The van der Waals surface area contributed by atoms with Crippen molar-refractivity contribution in [3.63, 3.8) is 0 Å². The molecule has 0 fully saturated rings. The highest BCUT2D eigenvalue weighted by atomic mass is 31.2. The Balaban J connectivity index is 3.94. The van der Waals surface area contributed by atoms with Gasteiger partial charge in [0.25, 0.3) is 7.82 Å². The van der Waals surface area contributed by atoms with Gasteiger partial charge in [-0.15, -0.1) is 0 Å². The molecular weight excluding hydrogens is 1010 g/mol. The van der Waals surface area contributed by atoms with E-state index in [-0.39, 0.29) is 32.0 Å². The second-order valence-corrected chi connectivity index (χ2v) is 27.4. The van der Waals surface area contributed by atoms with E-state index < -0.39 is 26.5 Å². The van der Waals surface area contributed by atoms with Crippen molar-refractivity contribution in [1.29, 1.82) is 0 Å². The molecule has 2 atom stereocenters. The fraction of sp³-hybridized carbons (Fsp3) is 0.971. The van der Waals surface area contributed by atoms with E-state index in [9.17, 15) is 19.0 Å². The lowest BCUT2D eigenvalue weighted by Gasteiger charge is -2.28. The topological polar surface area (TPSA) is 111 Å². The number of likely N-dealkylation sites (N-methyl/N-ethyl adjacent to an activating group) is 1. The van der Waals surface area contributed by atoms with Crippen LogP contribution in [-0.4, -0.2) is 70.0 Å². The number of unbranched alkanes of at least 4 members (excludes halogenated alkanes) is 54. The zero-order valence-electron chi connectivity index (χ0n) is 54.6. The Hall–Kier alpha value is -0.990. The van der Waals surface area contributed by atoms with E-state index in [1.54, 1.807) is 0 Å². The van der Waals surface area contributed by atoms with E-state index >= 15 is 0 Å². The molecule has 9 nitrogen and oxygen atoms in total. The van der Waals surface area contributed by atoms with E-state index in [2.05, 4.69) is 13.8 Å². The summed E-state index contributed by atoms with van der Waals surface area (Å²) in [4.78, 5) is 38.0. The van der Waals surface area contributed by atoms with Crippen molar-refractivity contribution in [2.75, 3.05) is 47.5 Å². The van der Waals surface area contributed by atoms with Gasteiger partial charge in [-0.3, -0.25) is 14.2 Å².